The van der Waals surface area contributed by atoms with Crippen LogP contribution in [0.2, 0.25) is 0 Å². The van der Waals surface area contributed by atoms with Crippen LogP contribution >= 0.6 is 54.5 Å². The zero-order chi connectivity index (χ0) is 84.9. The van der Waals surface area contributed by atoms with E-state index in [1.165, 1.54) is 42.5 Å². The zero-order valence-corrected chi connectivity index (χ0v) is 70.8. The predicted molar refractivity (Wildman–Crippen MR) is 468 cm³/mol. The number of esters is 4. The lowest BCUT2D eigenvalue weighted by atomic mass is 10.0. The van der Waals surface area contributed by atoms with E-state index < -0.39 is 42.0 Å². The monoisotopic (exact) mass is 1900 g/mol. The lowest BCUT2D eigenvalue weighted by Crippen LogP contribution is -2.36. The molecule has 5 fully saturated rings. The third kappa shape index (κ3) is 35.3. The molecule has 29 heteroatoms. The summed E-state index contributed by atoms with van der Waals surface area (Å²) in [5, 5.41) is 33.5. The van der Waals surface area contributed by atoms with Crippen LogP contribution in [0.15, 0.2) is 240 Å². The molecule has 0 amide bonds. The van der Waals surface area contributed by atoms with E-state index in [1.807, 2.05) is 151 Å². The first-order valence-corrected chi connectivity index (χ1v) is 41.1. The van der Waals surface area contributed by atoms with Crippen molar-refractivity contribution in [2.24, 2.45) is 0 Å². The number of halogens is 8. The molecule has 120 heavy (non-hydrogen) atoms. The highest BCUT2D eigenvalue weighted by Gasteiger charge is 2.29. The summed E-state index contributed by atoms with van der Waals surface area (Å²) in [6.45, 7) is 17.8. The fourth-order valence-electron chi connectivity index (χ4n) is 11.7. The van der Waals surface area contributed by atoms with Crippen molar-refractivity contribution in [2.75, 3.05) is 151 Å². The number of carbonyl (C=O) groups is 4. The summed E-state index contributed by atoms with van der Waals surface area (Å²) in [7, 11) is 0. The Balaban J connectivity index is 0.000000202. The summed E-state index contributed by atoms with van der Waals surface area (Å²) >= 11 is 8.34. The van der Waals surface area contributed by atoms with Gasteiger partial charge >= 0.3 is 23.9 Å². The van der Waals surface area contributed by atoms with Crippen molar-refractivity contribution in [1.29, 1.82) is 0 Å². The number of nitrogens with one attached hydrogen (secondary N) is 1. The van der Waals surface area contributed by atoms with E-state index >= 15 is 0 Å². The number of benzene rings is 9. The highest BCUT2D eigenvalue weighted by atomic mass is 127. The topological polar surface area (TPSA) is 237 Å². The maximum Gasteiger partial charge on any atom is 0.338 e. The molecular formula is C91H101Br2F5IN5O16. The molecule has 5 saturated heterocycles. The number of hydrogen-bond acceptors (Lipinski definition) is 21. The van der Waals surface area contributed by atoms with Crippen LogP contribution in [0, 0.1) is 32.7 Å². The maximum absolute atomic E-state index is 14.4. The van der Waals surface area contributed by atoms with E-state index in [9.17, 15) is 56.4 Å². The largest absolute Gasteiger partial charge is 0.459 e. The molecule has 0 unspecified atom stereocenters. The predicted octanol–water partition coefficient (Wildman–Crippen LogP) is 15.3. The third-order valence-corrected chi connectivity index (χ3v) is 19.9. The van der Waals surface area contributed by atoms with Gasteiger partial charge in [0.05, 0.1) is 88.8 Å². The molecule has 642 valence electrons. The summed E-state index contributed by atoms with van der Waals surface area (Å²) in [6, 6.07) is 61.1. The van der Waals surface area contributed by atoms with Crippen LogP contribution in [0.5, 0.6) is 0 Å². The molecule has 0 saturated carbocycles. The Bertz CT molecular complexity index is 4560. The molecule has 0 aliphatic carbocycles. The Hall–Kier alpha value is -9.48. The van der Waals surface area contributed by atoms with Gasteiger partial charge in [-0.05, 0) is 140 Å². The molecular weight excluding hydrogens is 1800 g/mol. The molecule has 14 rings (SSSR count). The minimum atomic E-state index is -1.80. The molecule has 4 N–H and O–H groups in total. The van der Waals surface area contributed by atoms with Gasteiger partial charge in [-0.15, -0.1) is 0 Å². The van der Waals surface area contributed by atoms with E-state index in [0.717, 1.165) is 82.7 Å². The quantitative estimate of drug-likeness (QED) is 0.0131. The van der Waals surface area contributed by atoms with E-state index in [2.05, 4.69) is 43.8 Å². The van der Waals surface area contributed by atoms with Gasteiger partial charge in [-0.25, -0.2) is 41.1 Å². The second-order valence-electron chi connectivity index (χ2n) is 26.6. The molecule has 5 aliphatic heterocycles. The van der Waals surface area contributed by atoms with Crippen molar-refractivity contribution in [1.82, 2.24) is 5.32 Å². The molecule has 21 nitrogen and oxygen atoms in total. The Morgan fingerprint density at radius 1 is 0.425 bits per heavy atom. The summed E-state index contributed by atoms with van der Waals surface area (Å²) in [5.41, 5.74) is 6.90. The van der Waals surface area contributed by atoms with Gasteiger partial charge in [0.2, 0.25) is 0 Å². The SMILES string of the molecule is C.C1COCCN1.C=CC(=O)OCc1ccccc1.Fc1cc(Br)ccc1I.Fc1cc(Br)ccc1N1CCOCC1.O=C(/C=C/c1ccc(N2CCOCC2)c(F)c1)OCc1ccccc1.O=C(OCc1ccccc1)[C@H](O)Cc1ccc(N2CCOCC2)c(F)c1.O=C(OCc1ccccc1)[C@H](O)[C@@H](O)c1ccc(N2CCOCC2)c(F)c1. The summed E-state index contributed by atoms with van der Waals surface area (Å²) < 4.78 is 117. The number of rotatable bonds is 21. The lowest BCUT2D eigenvalue weighted by molar-refractivity contribution is -0.161. The molecule has 0 aromatic heterocycles. The molecule has 5 heterocycles. The average Bonchev–Trinajstić information content (AvgIpc) is 0.560. The van der Waals surface area contributed by atoms with Gasteiger partial charge in [0.15, 0.2) is 12.2 Å². The van der Waals surface area contributed by atoms with Gasteiger partial charge in [-0.3, -0.25) is 0 Å². The van der Waals surface area contributed by atoms with Gasteiger partial charge in [0, 0.05) is 96.5 Å². The molecule has 0 radical (unpaired) electrons. The Morgan fingerprint density at radius 3 is 1.16 bits per heavy atom. The first-order chi connectivity index (χ1) is 57.7. The molecule has 0 bridgehead atoms. The number of aliphatic hydroxyl groups is 3. The van der Waals surface area contributed by atoms with Crippen molar-refractivity contribution in [3.63, 3.8) is 0 Å². The molecule has 5 aliphatic rings. The smallest absolute Gasteiger partial charge is 0.338 e. The summed E-state index contributed by atoms with van der Waals surface area (Å²) in [4.78, 5) is 54.1. The van der Waals surface area contributed by atoms with Gasteiger partial charge in [-0.1, -0.05) is 185 Å². The highest BCUT2D eigenvalue weighted by Crippen LogP contribution is 2.29. The average molecular weight is 1900 g/mol. The number of nitrogens with zero attached hydrogens (tertiary/aromatic N) is 4. The number of hydrogen-bond donors (Lipinski definition) is 4. The van der Waals surface area contributed by atoms with Crippen molar-refractivity contribution < 1.29 is 99.1 Å². The minimum Gasteiger partial charge on any atom is -0.459 e. The van der Waals surface area contributed by atoms with E-state index in [0.29, 0.717) is 136 Å². The second kappa shape index (κ2) is 54.7. The van der Waals surface area contributed by atoms with Gasteiger partial charge in [-0.2, -0.15) is 0 Å². The second-order valence-corrected chi connectivity index (χ2v) is 29.6. The third-order valence-electron chi connectivity index (χ3n) is 18.1. The number of morpholine rings is 5. The van der Waals surface area contributed by atoms with Crippen LogP contribution in [-0.4, -0.2) is 183 Å². The standard InChI is InChI=1S/C20H22FNO5.C20H22FNO4.C20H20FNO3.C10H11BrFNO.C10H10O2.C6H3BrFI.C4H9NO.CH4/c21-16-12-15(6-7-17(16)22-8-10-26-11-9-22)18(23)19(24)20(25)27-13-14-4-2-1-3-5-14;21-17-12-16(6-7-18(17)22-8-10-25-11-9-22)13-19(23)20(24)26-14-15-4-2-1-3-5-15;21-18-14-16(6-8-19(18)22-10-12-24-13-11-22)7-9-20(23)25-15-17-4-2-1-3-5-17;11-8-1-2-10(9(12)7-8)13-3-5-14-6-4-13;1-2-10(11)12-8-9-6-4-3-5-7-9;7-4-1-2-6(9)5(8)3-4;1-3-6-4-2-5-1;/h1-7,12,18-19,23-24H,8-11,13H2;1-7,12,19,23H,8-11,13-14H2;1-9,14H,10-13,15H2;1-2,7H,3-6H2;2-7H,1,8H2;1-3H;5H,1-4H2;1H4/b;;9-7+;;;;;/t18-,19+;19-;;;;;;/m01....../s1. The van der Waals surface area contributed by atoms with Crippen LogP contribution in [-0.2, 0) is 94.7 Å². The van der Waals surface area contributed by atoms with Crippen molar-refractivity contribution in [2.45, 2.75) is 58.6 Å². The minimum absolute atomic E-state index is 0. The van der Waals surface area contributed by atoms with Crippen molar-refractivity contribution in [3.05, 3.63) is 312 Å². The Morgan fingerprint density at radius 2 is 0.783 bits per heavy atom. The highest BCUT2D eigenvalue weighted by molar-refractivity contribution is 14.1. The van der Waals surface area contributed by atoms with Crippen LogP contribution in [0.25, 0.3) is 6.08 Å². The fourth-order valence-corrected chi connectivity index (χ4v) is 12.7. The van der Waals surface area contributed by atoms with Crippen LogP contribution < -0.4 is 24.9 Å². The normalized spacial score (nSPS) is 15.0. The Labute approximate surface area is 727 Å². The van der Waals surface area contributed by atoms with E-state index in [-0.39, 0.29) is 68.5 Å². The van der Waals surface area contributed by atoms with Gasteiger partial charge in [0.1, 0.15) is 61.6 Å². The fraction of sp³-hybridized carbons (Fsp3) is 0.319. The van der Waals surface area contributed by atoms with Crippen molar-refractivity contribution >= 4 is 107 Å². The number of carbonyl (C=O) groups excluding carboxylic acids is 4. The van der Waals surface area contributed by atoms with E-state index in [1.54, 1.807) is 66.7 Å². The first kappa shape index (κ1) is 97.6. The van der Waals surface area contributed by atoms with Crippen LogP contribution in [0.3, 0.4) is 0 Å². The summed E-state index contributed by atoms with van der Waals surface area (Å²) in [6.07, 6.45) is -0.682. The molecule has 9 aromatic rings. The zero-order valence-electron chi connectivity index (χ0n) is 65.5. The number of aliphatic hydroxyl groups excluding tert-OH is 3. The van der Waals surface area contributed by atoms with Crippen molar-refractivity contribution in [3.8, 4) is 0 Å². The van der Waals surface area contributed by atoms with Gasteiger partial charge < -0.3 is 82.9 Å². The first-order valence-electron chi connectivity index (χ1n) is 38.4. The van der Waals surface area contributed by atoms with Crippen LogP contribution in [0.1, 0.15) is 52.5 Å². The van der Waals surface area contributed by atoms with Gasteiger partial charge in [0.25, 0.3) is 0 Å². The summed E-state index contributed by atoms with van der Waals surface area (Å²) in [5.74, 6) is -4.09. The molecule has 9 aromatic carbocycles. The number of ether oxygens (including phenoxy) is 9. The Kier molecular flexibility index (Phi) is 44.5. The lowest BCUT2D eigenvalue weighted by Gasteiger charge is -2.29. The number of anilines is 4. The maximum atomic E-state index is 14.4. The van der Waals surface area contributed by atoms with Crippen LogP contribution in [0.4, 0.5) is 44.7 Å². The molecule has 3 atom stereocenters. The molecule has 0 spiro atoms. The van der Waals surface area contributed by atoms with E-state index in [4.69, 9.17) is 42.6 Å².